The molecule has 0 heterocycles. The summed E-state index contributed by atoms with van der Waals surface area (Å²) in [6, 6.07) is 9.57. The molecule has 0 spiro atoms. The second-order valence-electron chi connectivity index (χ2n) is 7.46. The van der Waals surface area contributed by atoms with Gasteiger partial charge in [0.05, 0.1) is 9.82 Å². The van der Waals surface area contributed by atoms with Crippen LogP contribution in [0.1, 0.15) is 63.5 Å². The predicted molar refractivity (Wildman–Crippen MR) is 108 cm³/mol. The fourth-order valence-electron chi connectivity index (χ4n) is 4.36. The van der Waals surface area contributed by atoms with Gasteiger partial charge in [-0.1, -0.05) is 45.6 Å². The van der Waals surface area contributed by atoms with Gasteiger partial charge in [0.25, 0.3) is 15.8 Å². The smallest absolute Gasteiger partial charge is 0.282 e. The average Bonchev–Trinajstić information content (AvgIpc) is 2.93. The third-order valence-corrected chi connectivity index (χ3v) is 6.59. The number of rotatable bonds is 8. The molecular formula is C21H25NO5S. The Hall–Kier alpha value is -2.25. The van der Waals surface area contributed by atoms with Crippen molar-refractivity contribution in [1.29, 1.82) is 0 Å². The second-order valence-corrected chi connectivity index (χ2v) is 8.88. The Kier molecular flexibility index (Phi) is 5.59. The van der Waals surface area contributed by atoms with Gasteiger partial charge < -0.3 is 0 Å². The third-order valence-electron chi connectivity index (χ3n) is 5.74. The highest BCUT2D eigenvalue weighted by molar-refractivity contribution is 7.85. The molecule has 0 bridgehead atoms. The molecule has 1 N–H and O–H groups in total. The van der Waals surface area contributed by atoms with E-state index in [4.69, 9.17) is 0 Å². The minimum Gasteiger partial charge on any atom is -0.282 e. The molecule has 150 valence electrons. The highest BCUT2D eigenvalue weighted by Crippen LogP contribution is 2.55. The van der Waals surface area contributed by atoms with Gasteiger partial charge in [0.1, 0.15) is 0 Å². The van der Waals surface area contributed by atoms with Crippen molar-refractivity contribution in [2.75, 3.05) is 0 Å². The molecule has 3 rings (SSSR count). The van der Waals surface area contributed by atoms with Gasteiger partial charge in [0, 0.05) is 17.5 Å². The zero-order chi connectivity index (χ0) is 20.5. The summed E-state index contributed by atoms with van der Waals surface area (Å²) in [5.41, 5.74) is 3.10. The molecule has 0 aliphatic heterocycles. The van der Waals surface area contributed by atoms with Crippen LogP contribution in [0.5, 0.6) is 0 Å². The van der Waals surface area contributed by atoms with E-state index in [9.17, 15) is 23.1 Å². The summed E-state index contributed by atoms with van der Waals surface area (Å²) in [6.45, 7) is 4.18. The summed E-state index contributed by atoms with van der Waals surface area (Å²) >= 11 is 0. The second kappa shape index (κ2) is 7.64. The molecule has 0 amide bonds. The van der Waals surface area contributed by atoms with E-state index >= 15 is 0 Å². The highest BCUT2D eigenvalue weighted by atomic mass is 32.2. The van der Waals surface area contributed by atoms with E-state index in [-0.39, 0.29) is 10.6 Å². The van der Waals surface area contributed by atoms with Crippen molar-refractivity contribution in [2.24, 2.45) is 0 Å². The largest absolute Gasteiger partial charge is 0.294 e. The molecular weight excluding hydrogens is 378 g/mol. The van der Waals surface area contributed by atoms with Crippen LogP contribution in [-0.2, 0) is 15.5 Å². The van der Waals surface area contributed by atoms with E-state index in [0.717, 1.165) is 60.8 Å². The quantitative estimate of drug-likeness (QED) is 0.357. The van der Waals surface area contributed by atoms with Crippen LogP contribution in [0.3, 0.4) is 0 Å². The summed E-state index contributed by atoms with van der Waals surface area (Å²) in [6.07, 6.45) is 5.32. The molecule has 0 fully saturated rings. The SMILES string of the molecule is CCCCC1(CCCC)c2cc([N+](=O)[O-])ccc2-c2ccc(S(=O)(=O)O)cc21. The van der Waals surface area contributed by atoms with E-state index in [1.54, 1.807) is 24.3 Å². The van der Waals surface area contributed by atoms with Crippen LogP contribution in [0.15, 0.2) is 41.3 Å². The number of nitrogens with zero attached hydrogens (tertiary/aromatic N) is 1. The fourth-order valence-corrected chi connectivity index (χ4v) is 4.86. The number of hydrogen-bond acceptors (Lipinski definition) is 4. The Morgan fingerprint density at radius 1 is 0.964 bits per heavy atom. The minimum absolute atomic E-state index is 0.0407. The van der Waals surface area contributed by atoms with Crippen LogP contribution in [0.25, 0.3) is 11.1 Å². The molecule has 1 aliphatic rings. The van der Waals surface area contributed by atoms with Crippen LogP contribution >= 0.6 is 0 Å². The highest BCUT2D eigenvalue weighted by Gasteiger charge is 2.43. The van der Waals surface area contributed by atoms with E-state index in [1.807, 2.05) is 0 Å². The lowest BCUT2D eigenvalue weighted by molar-refractivity contribution is -0.384. The lowest BCUT2D eigenvalue weighted by atomic mass is 9.71. The van der Waals surface area contributed by atoms with E-state index in [2.05, 4.69) is 13.8 Å². The van der Waals surface area contributed by atoms with Gasteiger partial charge in [0.2, 0.25) is 0 Å². The Balaban J connectivity index is 2.31. The van der Waals surface area contributed by atoms with Gasteiger partial charge in [-0.2, -0.15) is 8.42 Å². The zero-order valence-electron chi connectivity index (χ0n) is 16.1. The summed E-state index contributed by atoms with van der Waals surface area (Å²) in [5.74, 6) is 0. The van der Waals surface area contributed by atoms with Crippen LogP contribution in [0.4, 0.5) is 5.69 Å². The first-order valence-electron chi connectivity index (χ1n) is 9.66. The molecule has 7 heteroatoms. The van der Waals surface area contributed by atoms with Crippen LogP contribution < -0.4 is 0 Å². The van der Waals surface area contributed by atoms with E-state index in [1.165, 1.54) is 12.1 Å². The number of hydrogen-bond donors (Lipinski definition) is 1. The van der Waals surface area contributed by atoms with E-state index < -0.39 is 20.5 Å². The predicted octanol–water partition coefficient (Wildman–Crippen LogP) is 5.49. The van der Waals surface area contributed by atoms with Gasteiger partial charge in [-0.05, 0) is 53.3 Å². The number of benzene rings is 2. The van der Waals surface area contributed by atoms with Crippen LogP contribution in [0.2, 0.25) is 0 Å². The summed E-state index contributed by atoms with van der Waals surface area (Å²) in [5, 5.41) is 11.4. The Bertz CT molecular complexity index is 1010. The Morgan fingerprint density at radius 3 is 2.00 bits per heavy atom. The number of nitro benzene ring substituents is 1. The molecule has 0 radical (unpaired) electrons. The standard InChI is InChI=1S/C21H25NO5S/c1-3-5-11-21(12-6-4-2)19-13-15(22(23)24)7-9-17(19)18-10-8-16(14-20(18)21)28(25,26)27/h7-10,13-14H,3-6,11-12H2,1-2H3,(H,25,26,27). The summed E-state index contributed by atoms with van der Waals surface area (Å²) < 4.78 is 33.1. The van der Waals surface area contributed by atoms with Crippen molar-refractivity contribution < 1.29 is 17.9 Å². The van der Waals surface area contributed by atoms with Crippen molar-refractivity contribution in [2.45, 2.75) is 62.7 Å². The first-order chi connectivity index (χ1) is 13.2. The van der Waals surface area contributed by atoms with Gasteiger partial charge in [-0.25, -0.2) is 0 Å². The van der Waals surface area contributed by atoms with Crippen molar-refractivity contribution in [1.82, 2.24) is 0 Å². The maximum Gasteiger partial charge on any atom is 0.294 e. The molecule has 0 aromatic heterocycles. The Morgan fingerprint density at radius 2 is 1.50 bits per heavy atom. The molecule has 0 atom stereocenters. The average molecular weight is 404 g/mol. The zero-order valence-corrected chi connectivity index (χ0v) is 17.0. The van der Waals surface area contributed by atoms with Crippen molar-refractivity contribution in [3.63, 3.8) is 0 Å². The number of non-ortho nitro benzene ring substituents is 1. The molecule has 0 unspecified atom stereocenters. The maximum absolute atomic E-state index is 11.8. The lowest BCUT2D eigenvalue weighted by Gasteiger charge is -2.32. The summed E-state index contributed by atoms with van der Waals surface area (Å²) in [7, 11) is -4.33. The summed E-state index contributed by atoms with van der Waals surface area (Å²) in [4.78, 5) is 10.9. The van der Waals surface area contributed by atoms with E-state index in [0.29, 0.717) is 0 Å². The normalized spacial score (nSPS) is 14.5. The van der Waals surface area contributed by atoms with Crippen LogP contribution in [0, 0.1) is 10.1 Å². The minimum atomic E-state index is -4.33. The topological polar surface area (TPSA) is 97.5 Å². The molecule has 28 heavy (non-hydrogen) atoms. The molecule has 0 saturated heterocycles. The molecule has 0 saturated carbocycles. The van der Waals surface area contributed by atoms with Gasteiger partial charge in [-0.3, -0.25) is 14.7 Å². The van der Waals surface area contributed by atoms with Crippen molar-refractivity contribution in [3.8, 4) is 11.1 Å². The molecule has 6 nitrogen and oxygen atoms in total. The van der Waals surface area contributed by atoms with Gasteiger partial charge >= 0.3 is 0 Å². The lowest BCUT2D eigenvalue weighted by Crippen LogP contribution is -2.26. The number of unbranched alkanes of at least 4 members (excludes halogenated alkanes) is 2. The Labute approximate surface area is 165 Å². The van der Waals surface area contributed by atoms with Crippen molar-refractivity contribution >= 4 is 15.8 Å². The molecule has 2 aromatic rings. The van der Waals surface area contributed by atoms with Crippen LogP contribution in [-0.4, -0.2) is 17.9 Å². The van der Waals surface area contributed by atoms with Gasteiger partial charge in [-0.15, -0.1) is 0 Å². The molecule has 2 aromatic carbocycles. The third kappa shape index (κ3) is 3.44. The first kappa shape index (κ1) is 20.5. The fraction of sp³-hybridized carbons (Fsp3) is 0.429. The maximum atomic E-state index is 11.8. The monoisotopic (exact) mass is 403 g/mol. The van der Waals surface area contributed by atoms with Crippen molar-refractivity contribution in [3.05, 3.63) is 57.6 Å². The molecule has 1 aliphatic carbocycles. The first-order valence-corrected chi connectivity index (χ1v) is 11.1. The number of nitro groups is 1. The van der Waals surface area contributed by atoms with Gasteiger partial charge in [0.15, 0.2) is 0 Å². The number of fused-ring (bicyclic) bond motifs is 3.